The average molecular weight is 240 g/mol. The molecule has 0 aliphatic heterocycles. The fraction of sp³-hybridized carbons (Fsp3) is 0.125. The lowest BCUT2D eigenvalue weighted by molar-refractivity contribution is -0.113. The van der Waals surface area contributed by atoms with Crippen molar-refractivity contribution < 1.29 is 13.2 Å². The molecule has 1 amide bonds. The third-order valence-electron chi connectivity index (χ3n) is 1.53. The Morgan fingerprint density at radius 3 is 2.56 bits per heavy atom. The molecule has 0 radical (unpaired) electrons. The van der Waals surface area contributed by atoms with E-state index in [-0.39, 0.29) is 0 Å². The van der Waals surface area contributed by atoms with Crippen LogP contribution in [0.15, 0.2) is 34.9 Å². The standard InChI is InChI=1S/C8H8N4O3S/c9-11-12-16(14,15)6-8(13)10-7-4-2-1-3-5-7/h1-5H,6H2,(H,10,13). The van der Waals surface area contributed by atoms with Crippen LogP contribution in [0.5, 0.6) is 0 Å². The molecule has 1 aromatic rings. The van der Waals surface area contributed by atoms with E-state index >= 15 is 0 Å². The molecule has 7 nitrogen and oxygen atoms in total. The molecule has 0 unspecified atom stereocenters. The maximum absolute atomic E-state index is 11.2. The molecule has 0 atom stereocenters. The number of hydrogen-bond donors (Lipinski definition) is 1. The second-order valence-electron chi connectivity index (χ2n) is 2.81. The van der Waals surface area contributed by atoms with E-state index in [1.165, 1.54) is 0 Å². The van der Waals surface area contributed by atoms with Crippen molar-refractivity contribution in [2.45, 2.75) is 0 Å². The molecule has 0 spiro atoms. The third-order valence-corrected chi connectivity index (χ3v) is 2.48. The SMILES string of the molecule is [N-]=[N+]=NS(=O)(=O)CC(=O)Nc1ccccc1. The molecule has 1 aromatic carbocycles. The van der Waals surface area contributed by atoms with Gasteiger partial charge in [-0.15, -0.1) is 0 Å². The first-order chi connectivity index (χ1) is 7.53. The number of nitrogens with one attached hydrogen (secondary N) is 1. The zero-order valence-electron chi connectivity index (χ0n) is 8.07. The van der Waals surface area contributed by atoms with Gasteiger partial charge in [0.05, 0.1) is 0 Å². The van der Waals surface area contributed by atoms with E-state index < -0.39 is 21.7 Å². The van der Waals surface area contributed by atoms with Gasteiger partial charge < -0.3 is 5.32 Å². The van der Waals surface area contributed by atoms with Crippen LogP contribution in [0, 0.1) is 0 Å². The van der Waals surface area contributed by atoms with Gasteiger partial charge >= 0.3 is 0 Å². The van der Waals surface area contributed by atoms with E-state index in [0.717, 1.165) is 0 Å². The lowest BCUT2D eigenvalue weighted by Crippen LogP contribution is -2.21. The highest BCUT2D eigenvalue weighted by Crippen LogP contribution is 2.05. The van der Waals surface area contributed by atoms with Gasteiger partial charge in [-0.3, -0.25) is 4.79 Å². The minimum Gasteiger partial charge on any atom is -0.325 e. The Kier molecular flexibility index (Phi) is 3.87. The molecule has 0 aromatic heterocycles. The van der Waals surface area contributed by atoms with E-state index in [0.29, 0.717) is 5.69 Å². The summed E-state index contributed by atoms with van der Waals surface area (Å²) in [6, 6.07) is 8.36. The monoisotopic (exact) mass is 240 g/mol. The van der Waals surface area contributed by atoms with Crippen molar-refractivity contribution in [3.05, 3.63) is 40.8 Å². The highest BCUT2D eigenvalue weighted by Gasteiger charge is 2.14. The van der Waals surface area contributed by atoms with Crippen LogP contribution in [0.1, 0.15) is 0 Å². The normalized spacial score (nSPS) is 10.2. The largest absolute Gasteiger partial charge is 0.325 e. The van der Waals surface area contributed by atoms with Crippen molar-refractivity contribution in [1.82, 2.24) is 0 Å². The summed E-state index contributed by atoms with van der Waals surface area (Å²) in [5, 5.41) is 2.36. The first-order valence-corrected chi connectivity index (χ1v) is 5.78. The predicted molar refractivity (Wildman–Crippen MR) is 58.0 cm³/mol. The summed E-state index contributed by atoms with van der Waals surface area (Å²) in [7, 11) is -4.05. The Bertz CT molecular complexity index is 519. The molecule has 0 saturated carbocycles. The maximum Gasteiger partial charge on any atom is 0.244 e. The number of anilines is 1. The quantitative estimate of drug-likeness (QED) is 0.485. The number of amides is 1. The summed E-state index contributed by atoms with van der Waals surface area (Å²) >= 11 is 0. The summed E-state index contributed by atoms with van der Waals surface area (Å²) in [6.45, 7) is 0. The van der Waals surface area contributed by atoms with E-state index in [1.807, 2.05) is 0 Å². The van der Waals surface area contributed by atoms with Crippen molar-refractivity contribution in [1.29, 1.82) is 0 Å². The molecule has 0 heterocycles. The van der Waals surface area contributed by atoms with Gasteiger partial charge in [0.2, 0.25) is 15.9 Å². The molecule has 0 saturated heterocycles. The summed E-state index contributed by atoms with van der Waals surface area (Å²) in [5.74, 6) is -1.62. The van der Waals surface area contributed by atoms with Crippen LogP contribution in [0.4, 0.5) is 5.69 Å². The van der Waals surface area contributed by atoms with Crippen molar-refractivity contribution in [2.24, 2.45) is 4.52 Å². The minimum absolute atomic E-state index is 0.476. The Morgan fingerprint density at radius 1 is 1.38 bits per heavy atom. The zero-order valence-corrected chi connectivity index (χ0v) is 8.88. The minimum atomic E-state index is -4.05. The molecular weight excluding hydrogens is 232 g/mol. The van der Waals surface area contributed by atoms with Crippen LogP contribution < -0.4 is 5.32 Å². The number of rotatable bonds is 4. The second-order valence-corrected chi connectivity index (χ2v) is 4.43. The van der Waals surface area contributed by atoms with Crippen LogP contribution in [0.3, 0.4) is 0 Å². The number of carbonyl (C=O) groups is 1. The van der Waals surface area contributed by atoms with Gasteiger partial charge in [0.25, 0.3) is 0 Å². The van der Waals surface area contributed by atoms with Gasteiger partial charge in [-0.25, -0.2) is 8.42 Å². The van der Waals surface area contributed by atoms with Crippen molar-refractivity contribution in [3.63, 3.8) is 0 Å². The molecule has 1 rings (SSSR count). The Morgan fingerprint density at radius 2 is 2.00 bits per heavy atom. The van der Waals surface area contributed by atoms with Gasteiger partial charge in [0.15, 0.2) is 0 Å². The van der Waals surface area contributed by atoms with E-state index in [4.69, 9.17) is 5.53 Å². The van der Waals surface area contributed by atoms with Gasteiger partial charge in [0.1, 0.15) is 5.75 Å². The molecule has 0 aliphatic rings. The van der Waals surface area contributed by atoms with Gasteiger partial charge in [-0.05, 0) is 17.7 Å². The summed E-state index contributed by atoms with van der Waals surface area (Å²) < 4.78 is 24.4. The highest BCUT2D eigenvalue weighted by molar-refractivity contribution is 7.90. The fourth-order valence-corrected chi connectivity index (χ4v) is 1.54. The zero-order chi connectivity index (χ0) is 12.0. The van der Waals surface area contributed by atoms with Crippen LogP contribution in [-0.4, -0.2) is 20.1 Å². The highest BCUT2D eigenvalue weighted by atomic mass is 32.2. The predicted octanol–water partition coefficient (Wildman–Crippen LogP) is 1.27. The fourth-order valence-electron chi connectivity index (χ4n) is 0.969. The first-order valence-electron chi connectivity index (χ1n) is 4.17. The molecule has 8 heteroatoms. The second kappa shape index (κ2) is 5.15. The number of nitrogens with zero attached hydrogens (tertiary/aromatic N) is 3. The van der Waals surface area contributed by atoms with E-state index in [1.54, 1.807) is 30.3 Å². The first kappa shape index (κ1) is 12.0. The third kappa shape index (κ3) is 3.99. The van der Waals surface area contributed by atoms with E-state index in [9.17, 15) is 13.2 Å². The Balaban J connectivity index is 2.65. The summed E-state index contributed by atoms with van der Waals surface area (Å²) in [4.78, 5) is 13.4. The van der Waals surface area contributed by atoms with Crippen molar-refractivity contribution >= 4 is 21.6 Å². The lowest BCUT2D eigenvalue weighted by Gasteiger charge is -2.02. The number of hydrogen-bond acceptors (Lipinski definition) is 3. The van der Waals surface area contributed by atoms with E-state index in [2.05, 4.69) is 14.7 Å². The molecular formula is C8H8N4O3S. The summed E-state index contributed by atoms with van der Waals surface area (Å²) in [6.07, 6.45) is 0. The van der Waals surface area contributed by atoms with Gasteiger partial charge in [-0.1, -0.05) is 18.2 Å². The van der Waals surface area contributed by atoms with Crippen molar-refractivity contribution in [2.75, 3.05) is 11.1 Å². The Labute approximate surface area is 91.8 Å². The van der Waals surface area contributed by atoms with Gasteiger partial charge in [0, 0.05) is 15.1 Å². The van der Waals surface area contributed by atoms with Crippen LogP contribution in [0.2, 0.25) is 0 Å². The number of para-hydroxylation sites is 1. The molecule has 84 valence electrons. The molecule has 0 aliphatic carbocycles. The topological polar surface area (TPSA) is 112 Å². The average Bonchev–Trinajstić information content (AvgIpc) is 2.17. The van der Waals surface area contributed by atoms with Crippen LogP contribution in [0.25, 0.3) is 10.4 Å². The molecule has 1 N–H and O–H groups in total. The Hall–Kier alpha value is -2.05. The number of carbonyl (C=O) groups excluding carboxylic acids is 1. The maximum atomic E-state index is 11.2. The number of benzene rings is 1. The van der Waals surface area contributed by atoms with Crippen molar-refractivity contribution in [3.8, 4) is 0 Å². The molecule has 16 heavy (non-hydrogen) atoms. The molecule has 0 bridgehead atoms. The lowest BCUT2D eigenvalue weighted by atomic mass is 10.3. The number of azide groups is 1. The van der Waals surface area contributed by atoms with Crippen LogP contribution in [-0.2, 0) is 14.8 Å². The molecule has 0 fully saturated rings. The smallest absolute Gasteiger partial charge is 0.244 e. The van der Waals surface area contributed by atoms with Crippen LogP contribution >= 0.6 is 0 Å². The summed E-state index contributed by atoms with van der Waals surface area (Å²) in [5.41, 5.74) is 8.43. The number of sulfonamides is 1. The van der Waals surface area contributed by atoms with Gasteiger partial charge in [-0.2, -0.15) is 0 Å².